The number of aryl methyl sites for hydroxylation is 1. The van der Waals surface area contributed by atoms with E-state index in [1.807, 2.05) is 66.9 Å². The van der Waals surface area contributed by atoms with Gasteiger partial charge in [-0.15, -0.1) is 11.3 Å². The molecule has 0 saturated heterocycles. The average molecular weight is 349 g/mol. The minimum atomic E-state index is 0.520. The normalized spacial score (nSPS) is 11.2. The zero-order chi connectivity index (χ0) is 17.3. The van der Waals surface area contributed by atoms with E-state index in [2.05, 4.69) is 27.6 Å². The first kappa shape index (κ1) is 16.9. The lowest BCUT2D eigenvalue weighted by atomic mass is 10.2. The Bertz CT molecular complexity index is 856. The molecule has 2 aromatic carbocycles. The standard InChI is InChI=1S/C20H19N3OS/c1-16-15-25-20(22-16)23-21-14-18-9-5-11-19(13-18)24-12-6-10-17-7-3-2-4-8-17/h2-11,13-15H,12H2,1H3,(H,22,23). The van der Waals surface area contributed by atoms with E-state index in [9.17, 15) is 0 Å². The summed E-state index contributed by atoms with van der Waals surface area (Å²) < 4.78 is 5.76. The Morgan fingerprint density at radius 3 is 2.76 bits per heavy atom. The van der Waals surface area contributed by atoms with Gasteiger partial charge >= 0.3 is 0 Å². The van der Waals surface area contributed by atoms with Crippen LogP contribution in [0, 0.1) is 6.92 Å². The summed E-state index contributed by atoms with van der Waals surface area (Å²) in [6.07, 6.45) is 5.80. The van der Waals surface area contributed by atoms with Gasteiger partial charge in [-0.1, -0.05) is 48.5 Å². The molecule has 126 valence electrons. The van der Waals surface area contributed by atoms with E-state index < -0.39 is 0 Å². The molecule has 0 saturated carbocycles. The van der Waals surface area contributed by atoms with Gasteiger partial charge < -0.3 is 4.74 Å². The Morgan fingerprint density at radius 1 is 1.12 bits per heavy atom. The van der Waals surface area contributed by atoms with E-state index in [0.29, 0.717) is 6.61 Å². The van der Waals surface area contributed by atoms with Crippen LogP contribution in [0.2, 0.25) is 0 Å². The summed E-state index contributed by atoms with van der Waals surface area (Å²) >= 11 is 1.53. The predicted molar refractivity (Wildman–Crippen MR) is 105 cm³/mol. The van der Waals surface area contributed by atoms with E-state index >= 15 is 0 Å². The molecule has 0 unspecified atom stereocenters. The summed E-state index contributed by atoms with van der Waals surface area (Å²) in [5, 5.41) is 6.97. The molecule has 4 nitrogen and oxygen atoms in total. The molecule has 0 aliphatic carbocycles. The van der Waals surface area contributed by atoms with Crippen molar-refractivity contribution in [2.24, 2.45) is 5.10 Å². The lowest BCUT2D eigenvalue weighted by Gasteiger charge is -2.04. The van der Waals surface area contributed by atoms with E-state index in [0.717, 1.165) is 27.7 Å². The zero-order valence-corrected chi connectivity index (χ0v) is 14.7. The Balaban J connectivity index is 1.51. The highest BCUT2D eigenvalue weighted by Crippen LogP contribution is 2.15. The Labute approximate surface area is 151 Å². The van der Waals surface area contributed by atoms with Crippen molar-refractivity contribution < 1.29 is 4.74 Å². The second-order valence-electron chi connectivity index (χ2n) is 5.36. The lowest BCUT2D eigenvalue weighted by molar-refractivity contribution is 0.363. The van der Waals surface area contributed by atoms with E-state index in [1.54, 1.807) is 6.21 Å². The second-order valence-corrected chi connectivity index (χ2v) is 6.22. The van der Waals surface area contributed by atoms with Crippen molar-refractivity contribution in [1.82, 2.24) is 4.98 Å². The smallest absolute Gasteiger partial charge is 0.203 e. The molecule has 0 aliphatic heterocycles. The number of rotatable bonds is 7. The van der Waals surface area contributed by atoms with Gasteiger partial charge in [0.1, 0.15) is 12.4 Å². The molecule has 0 fully saturated rings. The molecule has 1 N–H and O–H groups in total. The molecule has 0 radical (unpaired) electrons. The van der Waals surface area contributed by atoms with Gasteiger partial charge in [0.15, 0.2) is 0 Å². The summed E-state index contributed by atoms with van der Waals surface area (Å²) in [4.78, 5) is 4.30. The largest absolute Gasteiger partial charge is 0.490 e. The molecular formula is C20H19N3OS. The topological polar surface area (TPSA) is 46.5 Å². The number of nitrogens with zero attached hydrogens (tertiary/aromatic N) is 2. The highest BCUT2D eigenvalue weighted by molar-refractivity contribution is 7.13. The average Bonchev–Trinajstić information content (AvgIpc) is 3.05. The minimum absolute atomic E-state index is 0.520. The second kappa shape index (κ2) is 8.80. The van der Waals surface area contributed by atoms with Crippen molar-refractivity contribution >= 4 is 28.8 Å². The van der Waals surface area contributed by atoms with Gasteiger partial charge in [0.05, 0.1) is 11.9 Å². The number of hydrogen-bond acceptors (Lipinski definition) is 5. The third kappa shape index (κ3) is 5.58. The van der Waals surface area contributed by atoms with Crippen LogP contribution in [0.4, 0.5) is 5.13 Å². The van der Waals surface area contributed by atoms with Crippen LogP contribution in [-0.2, 0) is 0 Å². The number of nitrogens with one attached hydrogen (secondary N) is 1. The SMILES string of the molecule is Cc1csc(NN=Cc2cccc(OCC=Cc3ccccc3)c2)n1. The maximum Gasteiger partial charge on any atom is 0.203 e. The maximum atomic E-state index is 5.76. The number of hydrazone groups is 1. The summed E-state index contributed by atoms with van der Waals surface area (Å²) in [6, 6.07) is 18.0. The number of hydrogen-bond donors (Lipinski definition) is 1. The first-order valence-corrected chi connectivity index (χ1v) is 8.83. The maximum absolute atomic E-state index is 5.76. The van der Waals surface area contributed by atoms with Crippen LogP contribution in [-0.4, -0.2) is 17.8 Å². The molecule has 0 aliphatic rings. The first-order valence-electron chi connectivity index (χ1n) is 7.95. The number of anilines is 1. The molecule has 0 bridgehead atoms. The highest BCUT2D eigenvalue weighted by atomic mass is 32.1. The minimum Gasteiger partial charge on any atom is -0.490 e. The van der Waals surface area contributed by atoms with Crippen molar-refractivity contribution in [1.29, 1.82) is 0 Å². The van der Waals surface area contributed by atoms with Crippen LogP contribution < -0.4 is 10.2 Å². The van der Waals surface area contributed by atoms with Crippen LogP contribution in [0.5, 0.6) is 5.75 Å². The molecule has 0 spiro atoms. The number of aromatic nitrogens is 1. The van der Waals surface area contributed by atoms with Gasteiger partial charge in [0.25, 0.3) is 0 Å². The fourth-order valence-electron chi connectivity index (χ4n) is 2.14. The van der Waals surface area contributed by atoms with Crippen molar-refractivity contribution in [3.05, 3.63) is 82.9 Å². The molecule has 3 rings (SSSR count). The van der Waals surface area contributed by atoms with Crippen LogP contribution in [0.15, 0.2) is 71.2 Å². The summed E-state index contributed by atoms with van der Waals surface area (Å²) in [7, 11) is 0. The summed E-state index contributed by atoms with van der Waals surface area (Å²) in [6.45, 7) is 2.48. The van der Waals surface area contributed by atoms with Gasteiger partial charge in [0.2, 0.25) is 5.13 Å². The molecule has 1 aromatic heterocycles. The summed E-state index contributed by atoms with van der Waals surface area (Å²) in [5.41, 5.74) is 6.04. The Hall–Kier alpha value is -2.92. The molecule has 25 heavy (non-hydrogen) atoms. The first-order chi connectivity index (χ1) is 12.3. The van der Waals surface area contributed by atoms with Crippen LogP contribution in [0.1, 0.15) is 16.8 Å². The van der Waals surface area contributed by atoms with Crippen molar-refractivity contribution in [2.75, 3.05) is 12.0 Å². The van der Waals surface area contributed by atoms with Crippen LogP contribution in [0.25, 0.3) is 6.08 Å². The molecule has 5 heteroatoms. The van der Waals surface area contributed by atoms with E-state index in [-0.39, 0.29) is 0 Å². The van der Waals surface area contributed by atoms with Crippen LogP contribution in [0.3, 0.4) is 0 Å². The predicted octanol–water partition coefficient (Wildman–Crippen LogP) is 4.99. The number of thiazole rings is 1. The van der Waals surface area contributed by atoms with Crippen LogP contribution >= 0.6 is 11.3 Å². The fraction of sp³-hybridized carbons (Fsp3) is 0.100. The molecule has 0 atom stereocenters. The van der Waals surface area contributed by atoms with Crippen molar-refractivity contribution in [3.63, 3.8) is 0 Å². The Kier molecular flexibility index (Phi) is 5.96. The third-order valence-electron chi connectivity index (χ3n) is 3.31. The Morgan fingerprint density at radius 2 is 1.96 bits per heavy atom. The van der Waals surface area contributed by atoms with Gasteiger partial charge in [-0.3, -0.25) is 5.43 Å². The lowest BCUT2D eigenvalue weighted by Crippen LogP contribution is -1.95. The van der Waals surface area contributed by atoms with E-state index in [1.165, 1.54) is 11.3 Å². The quantitative estimate of drug-likeness (QED) is 0.483. The van der Waals surface area contributed by atoms with Crippen molar-refractivity contribution in [2.45, 2.75) is 6.92 Å². The van der Waals surface area contributed by atoms with E-state index in [4.69, 9.17) is 4.74 Å². The number of ether oxygens (including phenoxy) is 1. The van der Waals surface area contributed by atoms with Crippen molar-refractivity contribution in [3.8, 4) is 5.75 Å². The fourth-order valence-corrected chi connectivity index (χ4v) is 2.78. The van der Waals surface area contributed by atoms with Gasteiger partial charge in [-0.25, -0.2) is 4.98 Å². The number of benzene rings is 2. The van der Waals surface area contributed by atoms with Gasteiger partial charge in [-0.2, -0.15) is 5.10 Å². The summed E-state index contributed by atoms with van der Waals surface area (Å²) in [5.74, 6) is 0.812. The van der Waals surface area contributed by atoms with Gasteiger partial charge in [-0.05, 0) is 36.3 Å². The third-order valence-corrected chi connectivity index (χ3v) is 4.17. The molecule has 1 heterocycles. The molecule has 3 aromatic rings. The zero-order valence-electron chi connectivity index (χ0n) is 13.9. The molecule has 0 amide bonds. The monoisotopic (exact) mass is 349 g/mol. The highest BCUT2D eigenvalue weighted by Gasteiger charge is 1.96. The molecular weight excluding hydrogens is 330 g/mol. The van der Waals surface area contributed by atoms with Gasteiger partial charge in [0, 0.05) is 5.38 Å².